The van der Waals surface area contributed by atoms with Crippen LogP contribution in [-0.4, -0.2) is 9.55 Å². The topological polar surface area (TPSA) is 24.0 Å². The van der Waals surface area contributed by atoms with Gasteiger partial charge in [0.1, 0.15) is 0 Å². The Labute approximate surface area is 256 Å². The van der Waals surface area contributed by atoms with E-state index in [0.717, 1.165) is 22.7 Å². The van der Waals surface area contributed by atoms with E-state index in [9.17, 15) is 0 Å². The normalized spacial score (nSPS) is 13.4. The summed E-state index contributed by atoms with van der Waals surface area (Å²) in [4.78, 5) is 5.95. The van der Waals surface area contributed by atoms with Gasteiger partial charge in [-0.05, 0) is 95.1 Å². The molecule has 0 saturated heterocycles. The number of fused-ring (bicyclic) bond motifs is 7. The Bertz CT molecular complexity index is 2350. The fourth-order valence-corrected chi connectivity index (χ4v) is 7.32. The third-order valence-corrected chi connectivity index (χ3v) is 9.54. The monoisotopic (exact) mass is 565 g/mol. The van der Waals surface area contributed by atoms with Crippen molar-refractivity contribution in [2.24, 2.45) is 0 Å². The van der Waals surface area contributed by atoms with Crippen molar-refractivity contribution in [1.82, 2.24) is 9.55 Å². The first-order chi connectivity index (χ1) is 21.6. The Morgan fingerprint density at radius 1 is 0.545 bits per heavy atom. The highest BCUT2D eigenvalue weighted by Gasteiger charge is 2.35. The van der Waals surface area contributed by atoms with Gasteiger partial charge in [0.2, 0.25) is 0 Å². The molecule has 0 aliphatic heterocycles. The number of anilines is 3. The third kappa shape index (κ3) is 3.62. The minimum Gasteiger partial charge on any atom is -0.354 e. The molecule has 210 valence electrons. The number of aromatic nitrogens is 2. The van der Waals surface area contributed by atoms with Crippen molar-refractivity contribution in [2.45, 2.75) is 19.3 Å². The molecule has 3 nitrogen and oxygen atoms in total. The number of para-hydroxylation sites is 2. The van der Waals surface area contributed by atoms with E-state index in [0.29, 0.717) is 0 Å². The Kier molecular flexibility index (Phi) is 5.24. The van der Waals surface area contributed by atoms with E-state index in [2.05, 4.69) is 174 Å². The quantitative estimate of drug-likeness (QED) is 0.225. The van der Waals surface area contributed by atoms with Gasteiger partial charge in [0.25, 0.3) is 0 Å². The van der Waals surface area contributed by atoms with E-state index in [1.54, 1.807) is 0 Å². The second-order valence-electron chi connectivity index (χ2n) is 12.4. The lowest BCUT2D eigenvalue weighted by molar-refractivity contribution is 0.660. The molecule has 0 saturated carbocycles. The minimum absolute atomic E-state index is 0.0557. The number of hydrogen-bond acceptors (Lipinski definition) is 1. The van der Waals surface area contributed by atoms with E-state index in [-0.39, 0.29) is 5.41 Å². The molecule has 0 fully saturated rings. The van der Waals surface area contributed by atoms with Gasteiger partial charge in [-0.3, -0.25) is 0 Å². The third-order valence-electron chi connectivity index (χ3n) is 9.54. The fraction of sp³-hybridized carbons (Fsp3) is 0.0732. The molecule has 44 heavy (non-hydrogen) atoms. The molecular weight excluding hydrogens is 534 g/mol. The summed E-state index contributed by atoms with van der Waals surface area (Å²) in [5.74, 6) is 0. The molecule has 1 aliphatic rings. The largest absolute Gasteiger partial charge is 0.354 e. The average molecular weight is 566 g/mol. The highest BCUT2D eigenvalue weighted by Crippen LogP contribution is 2.50. The number of rotatable bonds is 4. The Balaban J connectivity index is 1.14. The van der Waals surface area contributed by atoms with Crippen molar-refractivity contribution >= 4 is 49.8 Å². The maximum Gasteiger partial charge on any atom is 0.0536 e. The van der Waals surface area contributed by atoms with E-state index in [1.165, 1.54) is 55.0 Å². The lowest BCUT2D eigenvalue weighted by Crippen LogP contribution is -2.16. The van der Waals surface area contributed by atoms with Gasteiger partial charge in [0.15, 0.2) is 0 Å². The molecule has 2 heterocycles. The van der Waals surface area contributed by atoms with Crippen LogP contribution >= 0.6 is 0 Å². The molecule has 0 unspecified atom stereocenters. The Hall–Kier alpha value is -5.54. The summed E-state index contributed by atoms with van der Waals surface area (Å²) < 4.78 is 2.29. The van der Waals surface area contributed by atoms with Crippen molar-refractivity contribution in [3.63, 3.8) is 0 Å². The lowest BCUT2D eigenvalue weighted by Gasteiger charge is -2.28. The molecule has 1 aliphatic carbocycles. The first-order valence-corrected chi connectivity index (χ1v) is 15.3. The fourth-order valence-electron chi connectivity index (χ4n) is 7.32. The lowest BCUT2D eigenvalue weighted by atomic mass is 9.82. The Morgan fingerprint density at radius 2 is 1.25 bits per heavy atom. The number of benzene rings is 6. The second kappa shape index (κ2) is 9.23. The first-order valence-electron chi connectivity index (χ1n) is 15.3. The van der Waals surface area contributed by atoms with Crippen molar-refractivity contribution in [1.29, 1.82) is 0 Å². The van der Waals surface area contributed by atoms with Gasteiger partial charge in [0, 0.05) is 61.6 Å². The number of H-pyrrole nitrogens is 1. The van der Waals surface area contributed by atoms with Gasteiger partial charge in [-0.25, -0.2) is 0 Å². The summed E-state index contributed by atoms with van der Waals surface area (Å²) in [5, 5.41) is 3.73. The minimum atomic E-state index is -0.0557. The number of hydrogen-bond donors (Lipinski definition) is 1. The summed E-state index contributed by atoms with van der Waals surface area (Å²) >= 11 is 0. The van der Waals surface area contributed by atoms with Crippen LogP contribution in [0.3, 0.4) is 0 Å². The maximum atomic E-state index is 3.58. The summed E-state index contributed by atoms with van der Waals surface area (Å²) in [6.07, 6.45) is 2.18. The van der Waals surface area contributed by atoms with Crippen LogP contribution in [0.25, 0.3) is 49.5 Å². The molecule has 6 aromatic carbocycles. The van der Waals surface area contributed by atoms with Gasteiger partial charge in [0.05, 0.1) is 5.52 Å². The summed E-state index contributed by atoms with van der Waals surface area (Å²) in [6.45, 7) is 4.68. The zero-order valence-electron chi connectivity index (χ0n) is 24.8. The van der Waals surface area contributed by atoms with E-state index in [4.69, 9.17) is 0 Å². The van der Waals surface area contributed by atoms with Crippen LogP contribution in [0.15, 0.2) is 146 Å². The van der Waals surface area contributed by atoms with Crippen molar-refractivity contribution in [3.8, 4) is 16.8 Å². The van der Waals surface area contributed by atoms with Crippen LogP contribution in [0.2, 0.25) is 0 Å². The summed E-state index contributed by atoms with van der Waals surface area (Å²) in [6, 6.07) is 50.7. The van der Waals surface area contributed by atoms with Crippen LogP contribution in [0.4, 0.5) is 17.1 Å². The maximum absolute atomic E-state index is 3.58. The van der Waals surface area contributed by atoms with Crippen molar-refractivity contribution in [2.75, 3.05) is 4.90 Å². The van der Waals surface area contributed by atoms with Crippen LogP contribution in [-0.2, 0) is 5.41 Å². The molecule has 3 heteroatoms. The molecule has 0 radical (unpaired) electrons. The first kappa shape index (κ1) is 25.0. The van der Waals surface area contributed by atoms with E-state index < -0.39 is 0 Å². The average Bonchev–Trinajstić information content (AvgIpc) is 3.71. The van der Waals surface area contributed by atoms with Crippen LogP contribution in [0.5, 0.6) is 0 Å². The van der Waals surface area contributed by atoms with Crippen molar-refractivity contribution < 1.29 is 0 Å². The van der Waals surface area contributed by atoms with Crippen LogP contribution in [0, 0.1) is 0 Å². The smallest absolute Gasteiger partial charge is 0.0536 e. The van der Waals surface area contributed by atoms with Crippen LogP contribution < -0.4 is 4.90 Å². The SMILES string of the molecule is CC1(C)c2ccccc2-c2ccc(N(c3ccccc3)c3ccc(-n4ccc5cc6[nH]c7ccccc7c6cc54)cc3)cc21. The van der Waals surface area contributed by atoms with Crippen LogP contribution in [0.1, 0.15) is 25.0 Å². The number of nitrogens with zero attached hydrogens (tertiary/aromatic N) is 2. The zero-order chi connectivity index (χ0) is 29.4. The van der Waals surface area contributed by atoms with Gasteiger partial charge < -0.3 is 14.5 Å². The highest BCUT2D eigenvalue weighted by atomic mass is 15.1. The Morgan fingerprint density at radius 3 is 2.11 bits per heavy atom. The number of aromatic amines is 1. The molecular formula is C41H31N3. The van der Waals surface area contributed by atoms with Gasteiger partial charge in [-0.2, -0.15) is 0 Å². The predicted molar refractivity (Wildman–Crippen MR) is 185 cm³/mol. The molecule has 9 rings (SSSR count). The molecule has 0 spiro atoms. The predicted octanol–water partition coefficient (Wildman–Crippen LogP) is 11.0. The molecule has 1 N–H and O–H groups in total. The summed E-state index contributed by atoms with van der Waals surface area (Å²) in [7, 11) is 0. The molecule has 0 amide bonds. The zero-order valence-corrected chi connectivity index (χ0v) is 24.8. The standard InChI is InChI=1S/C41H31N3/c1-41(2)36-14-8-6-12-32(36)33-21-20-31(25-37(33)41)44(29-10-4-3-5-11-29)30-18-16-28(17-19-30)43-23-22-27-24-39-35(26-40(27)43)34-13-7-9-15-38(34)42-39/h3-26,42H,1-2H3. The highest BCUT2D eigenvalue weighted by molar-refractivity contribution is 6.11. The van der Waals surface area contributed by atoms with Gasteiger partial charge in [-0.1, -0.05) is 80.6 Å². The second-order valence-corrected chi connectivity index (χ2v) is 12.4. The number of nitrogens with one attached hydrogen (secondary N) is 1. The van der Waals surface area contributed by atoms with Gasteiger partial charge >= 0.3 is 0 Å². The molecule has 8 aromatic rings. The van der Waals surface area contributed by atoms with Crippen molar-refractivity contribution in [3.05, 3.63) is 157 Å². The molecule has 2 aromatic heterocycles. The summed E-state index contributed by atoms with van der Waals surface area (Å²) in [5.41, 5.74) is 13.5. The van der Waals surface area contributed by atoms with E-state index >= 15 is 0 Å². The van der Waals surface area contributed by atoms with Gasteiger partial charge in [-0.15, -0.1) is 0 Å². The van der Waals surface area contributed by atoms with E-state index in [1.807, 2.05) is 0 Å². The molecule has 0 bridgehead atoms. The molecule has 0 atom stereocenters.